The molecule has 2 rings (SSSR count). The van der Waals surface area contributed by atoms with E-state index in [1.165, 1.54) is 6.07 Å². The second-order valence-corrected chi connectivity index (χ2v) is 5.77. The van der Waals surface area contributed by atoms with Crippen LogP contribution in [-0.2, 0) is 4.74 Å². The average Bonchev–Trinajstić information content (AvgIpc) is 2.47. The van der Waals surface area contributed by atoms with Crippen LogP contribution < -0.4 is 4.90 Å². The third-order valence-electron chi connectivity index (χ3n) is 3.66. The van der Waals surface area contributed by atoms with E-state index in [4.69, 9.17) is 4.74 Å². The molecule has 0 bridgehead atoms. The van der Waals surface area contributed by atoms with Crippen molar-refractivity contribution in [3.63, 3.8) is 0 Å². The van der Waals surface area contributed by atoms with E-state index in [0.717, 1.165) is 26.2 Å². The molecule has 21 heavy (non-hydrogen) atoms. The molecule has 1 aliphatic rings. The number of anilines is 1. The van der Waals surface area contributed by atoms with Gasteiger partial charge in [-0.2, -0.15) is 0 Å². The molecule has 118 valence electrons. The van der Waals surface area contributed by atoms with Gasteiger partial charge in [-0.25, -0.2) is 4.39 Å². The Bertz CT molecular complexity index is 434. The molecule has 1 N–H and O–H groups in total. The maximum atomic E-state index is 13.7. The van der Waals surface area contributed by atoms with Crippen molar-refractivity contribution in [3.8, 4) is 0 Å². The summed E-state index contributed by atoms with van der Waals surface area (Å²) in [6.45, 7) is 8.10. The van der Waals surface area contributed by atoms with E-state index in [1.54, 1.807) is 6.07 Å². The summed E-state index contributed by atoms with van der Waals surface area (Å²) in [5, 5.41) is 9.94. The number of hydrogen-bond donors (Lipinski definition) is 1. The lowest BCUT2D eigenvalue weighted by Gasteiger charge is -2.37. The quantitative estimate of drug-likeness (QED) is 0.867. The molecule has 1 atom stereocenters. The van der Waals surface area contributed by atoms with E-state index in [-0.39, 0.29) is 11.9 Å². The number of para-hydroxylation sites is 1. The zero-order valence-corrected chi connectivity index (χ0v) is 12.8. The van der Waals surface area contributed by atoms with E-state index in [0.29, 0.717) is 18.8 Å². The molecule has 1 aromatic carbocycles. The highest BCUT2D eigenvalue weighted by Gasteiger charge is 2.21. The summed E-state index contributed by atoms with van der Waals surface area (Å²) in [5.74, 6) is -0.170. The fourth-order valence-electron chi connectivity index (χ4n) is 2.53. The first-order valence-electron chi connectivity index (χ1n) is 7.57. The predicted octanol–water partition coefficient (Wildman–Crippen LogP) is 1.73. The molecule has 1 aromatic rings. The van der Waals surface area contributed by atoms with Crippen LogP contribution in [0, 0.1) is 5.82 Å². The van der Waals surface area contributed by atoms with Crippen LogP contribution in [0.4, 0.5) is 10.1 Å². The fraction of sp³-hybridized carbons (Fsp3) is 0.625. The number of nitrogens with zero attached hydrogens (tertiary/aromatic N) is 2. The highest BCUT2D eigenvalue weighted by atomic mass is 19.1. The number of piperazine rings is 1. The lowest BCUT2D eigenvalue weighted by molar-refractivity contribution is -0.00900. The SMILES string of the molecule is CC(C)OCC(O)CN1CCN(c2ccccc2F)CC1. The topological polar surface area (TPSA) is 35.9 Å². The number of aliphatic hydroxyl groups is 1. The first kappa shape index (κ1) is 16.2. The Balaban J connectivity index is 1.77. The van der Waals surface area contributed by atoms with Crippen molar-refractivity contribution in [3.05, 3.63) is 30.1 Å². The molecule has 1 aliphatic heterocycles. The summed E-state index contributed by atoms with van der Waals surface area (Å²) in [6.07, 6.45) is -0.329. The number of ether oxygens (including phenoxy) is 1. The Morgan fingerprint density at radius 3 is 2.48 bits per heavy atom. The second kappa shape index (κ2) is 7.73. The first-order chi connectivity index (χ1) is 10.1. The van der Waals surface area contributed by atoms with Crippen LogP contribution in [-0.4, -0.2) is 61.5 Å². The van der Waals surface area contributed by atoms with E-state index < -0.39 is 6.10 Å². The van der Waals surface area contributed by atoms with E-state index in [2.05, 4.69) is 9.80 Å². The maximum absolute atomic E-state index is 13.7. The van der Waals surface area contributed by atoms with Gasteiger partial charge in [0, 0.05) is 32.7 Å². The van der Waals surface area contributed by atoms with Gasteiger partial charge >= 0.3 is 0 Å². The predicted molar refractivity (Wildman–Crippen MR) is 82.1 cm³/mol. The number of halogens is 1. The van der Waals surface area contributed by atoms with Gasteiger partial charge < -0.3 is 14.7 Å². The van der Waals surface area contributed by atoms with Gasteiger partial charge in [-0.3, -0.25) is 4.90 Å². The van der Waals surface area contributed by atoms with Gasteiger partial charge in [-0.15, -0.1) is 0 Å². The summed E-state index contributed by atoms with van der Waals surface area (Å²) in [6, 6.07) is 6.88. The van der Waals surface area contributed by atoms with Crippen molar-refractivity contribution in [2.24, 2.45) is 0 Å². The number of hydrogen-bond acceptors (Lipinski definition) is 4. The van der Waals surface area contributed by atoms with E-state index in [1.807, 2.05) is 26.0 Å². The Kier molecular flexibility index (Phi) is 5.96. The van der Waals surface area contributed by atoms with Gasteiger partial charge in [-0.1, -0.05) is 12.1 Å². The Labute approximate surface area is 126 Å². The molecular weight excluding hydrogens is 271 g/mol. The normalized spacial score (nSPS) is 18.2. The third-order valence-corrected chi connectivity index (χ3v) is 3.66. The van der Waals surface area contributed by atoms with Crippen LogP contribution in [0.1, 0.15) is 13.8 Å². The van der Waals surface area contributed by atoms with Crippen molar-refractivity contribution in [2.45, 2.75) is 26.1 Å². The minimum absolute atomic E-state index is 0.137. The minimum atomic E-state index is -0.465. The molecule has 0 radical (unpaired) electrons. The molecule has 1 heterocycles. The fourth-order valence-corrected chi connectivity index (χ4v) is 2.53. The summed E-state index contributed by atoms with van der Waals surface area (Å²) in [7, 11) is 0. The van der Waals surface area contributed by atoms with Gasteiger partial charge in [0.15, 0.2) is 0 Å². The lowest BCUT2D eigenvalue weighted by Crippen LogP contribution is -2.49. The van der Waals surface area contributed by atoms with Crippen molar-refractivity contribution in [1.29, 1.82) is 0 Å². The number of β-amino-alcohol motifs (C(OH)–C–C–N with tert-alkyl or cyclic N) is 1. The van der Waals surface area contributed by atoms with Crippen LogP contribution in [0.15, 0.2) is 24.3 Å². The summed E-state index contributed by atoms with van der Waals surface area (Å²) in [4.78, 5) is 4.26. The van der Waals surface area contributed by atoms with Crippen molar-refractivity contribution < 1.29 is 14.2 Å². The van der Waals surface area contributed by atoms with Crippen LogP contribution in [0.3, 0.4) is 0 Å². The van der Waals surface area contributed by atoms with Gasteiger partial charge in [0.2, 0.25) is 0 Å². The standard InChI is InChI=1S/C16H25FN2O2/c1-13(2)21-12-14(20)11-18-7-9-19(10-8-18)16-6-4-3-5-15(16)17/h3-6,13-14,20H,7-12H2,1-2H3. The molecule has 0 amide bonds. The Hall–Kier alpha value is -1.17. The van der Waals surface area contributed by atoms with Crippen LogP contribution in [0.2, 0.25) is 0 Å². The monoisotopic (exact) mass is 296 g/mol. The smallest absolute Gasteiger partial charge is 0.146 e. The van der Waals surface area contributed by atoms with Crippen LogP contribution in [0.25, 0.3) is 0 Å². The summed E-state index contributed by atoms with van der Waals surface area (Å²) >= 11 is 0. The molecule has 0 aromatic heterocycles. The molecule has 0 saturated carbocycles. The van der Waals surface area contributed by atoms with E-state index in [9.17, 15) is 9.50 Å². The van der Waals surface area contributed by atoms with Gasteiger partial charge in [-0.05, 0) is 26.0 Å². The highest BCUT2D eigenvalue weighted by Crippen LogP contribution is 2.20. The second-order valence-electron chi connectivity index (χ2n) is 5.77. The van der Waals surface area contributed by atoms with Gasteiger partial charge in [0.1, 0.15) is 5.82 Å². The van der Waals surface area contributed by atoms with Gasteiger partial charge in [0.25, 0.3) is 0 Å². The van der Waals surface area contributed by atoms with Crippen molar-refractivity contribution >= 4 is 5.69 Å². The first-order valence-corrected chi connectivity index (χ1v) is 7.57. The average molecular weight is 296 g/mol. The number of rotatable bonds is 6. The van der Waals surface area contributed by atoms with Crippen molar-refractivity contribution in [2.75, 3.05) is 44.2 Å². The molecular formula is C16H25FN2O2. The Morgan fingerprint density at radius 2 is 1.86 bits per heavy atom. The molecule has 5 heteroatoms. The maximum Gasteiger partial charge on any atom is 0.146 e. The largest absolute Gasteiger partial charge is 0.389 e. The Morgan fingerprint density at radius 1 is 1.19 bits per heavy atom. The van der Waals surface area contributed by atoms with Gasteiger partial charge in [0.05, 0.1) is 24.5 Å². The summed E-state index contributed by atoms with van der Waals surface area (Å²) in [5.41, 5.74) is 0.667. The highest BCUT2D eigenvalue weighted by molar-refractivity contribution is 5.47. The number of aliphatic hydroxyl groups excluding tert-OH is 1. The molecule has 1 unspecified atom stereocenters. The minimum Gasteiger partial charge on any atom is -0.389 e. The molecule has 1 saturated heterocycles. The molecule has 0 spiro atoms. The molecule has 1 fully saturated rings. The van der Waals surface area contributed by atoms with E-state index >= 15 is 0 Å². The molecule has 0 aliphatic carbocycles. The third kappa shape index (κ3) is 4.95. The van der Waals surface area contributed by atoms with Crippen LogP contribution in [0.5, 0.6) is 0 Å². The van der Waals surface area contributed by atoms with Crippen LogP contribution >= 0.6 is 0 Å². The zero-order valence-electron chi connectivity index (χ0n) is 12.8. The van der Waals surface area contributed by atoms with Crippen molar-refractivity contribution in [1.82, 2.24) is 4.90 Å². The molecule has 4 nitrogen and oxygen atoms in total. The summed E-state index contributed by atoms with van der Waals surface area (Å²) < 4.78 is 19.2. The number of benzene rings is 1. The zero-order chi connectivity index (χ0) is 15.2. The lowest BCUT2D eigenvalue weighted by atomic mass is 10.2.